The minimum atomic E-state index is 0.582. The molecule has 1 aliphatic rings. The summed E-state index contributed by atoms with van der Waals surface area (Å²) in [6.07, 6.45) is 6.55. The minimum Gasteiger partial charge on any atom is -0.335 e. The standard InChI is InChI=1S/C13H17N3S/c1-3-11(13-15-5-7-16(13)6-1)9-14-10-12-4-2-8-17-12/h2,4-5,7-8,11,14H,1,3,6,9-10H2/t11-/m1/s1. The smallest absolute Gasteiger partial charge is 0.113 e. The molecular weight excluding hydrogens is 230 g/mol. The molecule has 1 N–H and O–H groups in total. The fourth-order valence-electron chi connectivity index (χ4n) is 2.48. The molecule has 0 fully saturated rings. The first-order chi connectivity index (χ1) is 8.43. The molecule has 0 amide bonds. The fraction of sp³-hybridized carbons (Fsp3) is 0.462. The van der Waals surface area contributed by atoms with Crippen molar-refractivity contribution < 1.29 is 0 Å². The summed E-state index contributed by atoms with van der Waals surface area (Å²) >= 11 is 1.81. The van der Waals surface area contributed by atoms with E-state index in [4.69, 9.17) is 0 Å². The minimum absolute atomic E-state index is 0.582. The maximum Gasteiger partial charge on any atom is 0.113 e. The Morgan fingerprint density at radius 1 is 1.53 bits per heavy atom. The van der Waals surface area contributed by atoms with Crippen LogP contribution in [0.25, 0.3) is 0 Å². The second-order valence-electron chi connectivity index (χ2n) is 4.53. The molecule has 0 bridgehead atoms. The van der Waals surface area contributed by atoms with E-state index >= 15 is 0 Å². The zero-order valence-electron chi connectivity index (χ0n) is 9.80. The summed E-state index contributed by atoms with van der Waals surface area (Å²) in [6, 6.07) is 4.29. The largest absolute Gasteiger partial charge is 0.335 e. The number of thiophene rings is 1. The van der Waals surface area contributed by atoms with Crippen molar-refractivity contribution in [3.8, 4) is 0 Å². The Morgan fingerprint density at radius 2 is 2.53 bits per heavy atom. The molecule has 0 spiro atoms. The zero-order chi connectivity index (χ0) is 11.5. The van der Waals surface area contributed by atoms with Crippen LogP contribution in [0.15, 0.2) is 29.9 Å². The lowest BCUT2D eigenvalue weighted by molar-refractivity contribution is 0.423. The summed E-state index contributed by atoms with van der Waals surface area (Å²) in [5.41, 5.74) is 0. The van der Waals surface area contributed by atoms with Crippen LogP contribution in [0.5, 0.6) is 0 Å². The van der Waals surface area contributed by atoms with Crippen LogP contribution in [0.2, 0.25) is 0 Å². The van der Waals surface area contributed by atoms with Crippen molar-refractivity contribution in [1.29, 1.82) is 0 Å². The van der Waals surface area contributed by atoms with Crippen molar-refractivity contribution >= 4 is 11.3 Å². The predicted molar refractivity (Wildman–Crippen MR) is 70.2 cm³/mol. The molecule has 17 heavy (non-hydrogen) atoms. The third-order valence-corrected chi connectivity index (χ3v) is 4.21. The van der Waals surface area contributed by atoms with Gasteiger partial charge in [0.25, 0.3) is 0 Å². The number of aromatic nitrogens is 2. The lowest BCUT2D eigenvalue weighted by Crippen LogP contribution is -2.26. The van der Waals surface area contributed by atoms with Crippen molar-refractivity contribution in [3.63, 3.8) is 0 Å². The Labute approximate surface area is 106 Å². The average Bonchev–Trinajstić information content (AvgIpc) is 2.99. The van der Waals surface area contributed by atoms with E-state index in [1.165, 1.54) is 23.5 Å². The van der Waals surface area contributed by atoms with Gasteiger partial charge in [0.1, 0.15) is 5.82 Å². The predicted octanol–water partition coefficient (Wildman–Crippen LogP) is 2.61. The third kappa shape index (κ3) is 2.42. The van der Waals surface area contributed by atoms with Gasteiger partial charge in [-0.2, -0.15) is 0 Å². The number of fused-ring (bicyclic) bond motifs is 1. The summed E-state index contributed by atoms with van der Waals surface area (Å²) in [6.45, 7) is 3.15. The molecule has 2 aromatic rings. The van der Waals surface area contributed by atoms with E-state index in [1.807, 2.05) is 17.5 Å². The number of hydrogen-bond acceptors (Lipinski definition) is 3. The molecule has 0 aliphatic carbocycles. The fourth-order valence-corrected chi connectivity index (χ4v) is 3.16. The van der Waals surface area contributed by atoms with Crippen molar-refractivity contribution in [2.45, 2.75) is 31.8 Å². The number of hydrogen-bond donors (Lipinski definition) is 1. The molecule has 0 unspecified atom stereocenters. The second-order valence-corrected chi connectivity index (χ2v) is 5.56. The van der Waals surface area contributed by atoms with Crippen molar-refractivity contribution in [2.75, 3.05) is 6.54 Å². The topological polar surface area (TPSA) is 29.9 Å². The second kappa shape index (κ2) is 5.02. The van der Waals surface area contributed by atoms with Crippen LogP contribution in [0.4, 0.5) is 0 Å². The lowest BCUT2D eigenvalue weighted by atomic mass is 9.99. The molecule has 0 saturated heterocycles. The van der Waals surface area contributed by atoms with Crippen LogP contribution in [-0.2, 0) is 13.1 Å². The molecular formula is C13H17N3S. The van der Waals surface area contributed by atoms with E-state index in [0.29, 0.717) is 5.92 Å². The molecule has 1 aliphatic heterocycles. The van der Waals surface area contributed by atoms with Gasteiger partial charge in [-0.05, 0) is 24.3 Å². The van der Waals surface area contributed by atoms with Crippen LogP contribution < -0.4 is 5.32 Å². The molecule has 0 aromatic carbocycles. The summed E-state index contributed by atoms with van der Waals surface area (Å²) in [7, 11) is 0. The van der Waals surface area contributed by atoms with E-state index in [2.05, 4.69) is 38.6 Å². The molecule has 0 radical (unpaired) electrons. The third-order valence-electron chi connectivity index (χ3n) is 3.33. The summed E-state index contributed by atoms with van der Waals surface area (Å²) in [4.78, 5) is 5.89. The number of rotatable bonds is 4. The maximum absolute atomic E-state index is 4.48. The van der Waals surface area contributed by atoms with E-state index < -0.39 is 0 Å². The van der Waals surface area contributed by atoms with E-state index in [1.54, 1.807) is 0 Å². The highest BCUT2D eigenvalue weighted by Gasteiger charge is 2.20. The van der Waals surface area contributed by atoms with Gasteiger partial charge in [-0.15, -0.1) is 11.3 Å². The zero-order valence-corrected chi connectivity index (χ0v) is 10.6. The number of aryl methyl sites for hydroxylation is 1. The van der Waals surface area contributed by atoms with Gasteiger partial charge in [-0.25, -0.2) is 4.98 Å². The highest BCUT2D eigenvalue weighted by molar-refractivity contribution is 7.09. The molecule has 2 aromatic heterocycles. The first kappa shape index (κ1) is 11.0. The van der Waals surface area contributed by atoms with E-state index in [-0.39, 0.29) is 0 Å². The molecule has 3 rings (SSSR count). The van der Waals surface area contributed by atoms with E-state index in [0.717, 1.165) is 19.6 Å². The summed E-state index contributed by atoms with van der Waals surface area (Å²) in [5, 5.41) is 5.67. The summed E-state index contributed by atoms with van der Waals surface area (Å²) < 4.78 is 2.29. The molecule has 1 atom stereocenters. The van der Waals surface area contributed by atoms with Crippen LogP contribution in [0.3, 0.4) is 0 Å². The molecule has 0 saturated carbocycles. The van der Waals surface area contributed by atoms with Gasteiger partial charge < -0.3 is 9.88 Å². The van der Waals surface area contributed by atoms with Gasteiger partial charge in [-0.3, -0.25) is 0 Å². The van der Waals surface area contributed by atoms with Crippen molar-refractivity contribution in [2.24, 2.45) is 0 Å². The first-order valence-electron chi connectivity index (χ1n) is 6.17. The van der Waals surface area contributed by atoms with Crippen molar-refractivity contribution in [3.05, 3.63) is 40.6 Å². The normalized spacial score (nSPS) is 19.2. The van der Waals surface area contributed by atoms with Crippen LogP contribution in [0, 0.1) is 0 Å². The molecule has 90 valence electrons. The Morgan fingerprint density at radius 3 is 3.41 bits per heavy atom. The Kier molecular flexibility index (Phi) is 3.25. The Hall–Kier alpha value is -1.13. The van der Waals surface area contributed by atoms with E-state index in [9.17, 15) is 0 Å². The van der Waals surface area contributed by atoms with Crippen molar-refractivity contribution in [1.82, 2.24) is 14.9 Å². The summed E-state index contributed by atoms with van der Waals surface area (Å²) in [5.74, 6) is 1.84. The monoisotopic (exact) mass is 247 g/mol. The number of imidazole rings is 1. The highest BCUT2D eigenvalue weighted by atomic mass is 32.1. The highest BCUT2D eigenvalue weighted by Crippen LogP contribution is 2.24. The van der Waals surface area contributed by atoms with Gasteiger partial charge in [0.15, 0.2) is 0 Å². The molecule has 4 heteroatoms. The van der Waals surface area contributed by atoms with Crippen LogP contribution >= 0.6 is 11.3 Å². The maximum atomic E-state index is 4.48. The number of nitrogens with one attached hydrogen (secondary N) is 1. The molecule has 3 heterocycles. The lowest BCUT2D eigenvalue weighted by Gasteiger charge is -2.23. The van der Waals surface area contributed by atoms with Gasteiger partial charge >= 0.3 is 0 Å². The Bertz CT molecular complexity index is 461. The first-order valence-corrected chi connectivity index (χ1v) is 7.05. The van der Waals surface area contributed by atoms with Crippen LogP contribution in [-0.4, -0.2) is 16.1 Å². The SMILES string of the molecule is c1csc(CNC[C@H]2CCCn3ccnc32)c1. The van der Waals surface area contributed by atoms with Gasteiger partial charge in [0.2, 0.25) is 0 Å². The number of nitrogens with zero attached hydrogens (tertiary/aromatic N) is 2. The van der Waals surface area contributed by atoms with Crippen LogP contribution in [0.1, 0.15) is 29.5 Å². The molecule has 3 nitrogen and oxygen atoms in total. The average molecular weight is 247 g/mol. The van der Waals surface area contributed by atoms with Gasteiger partial charge in [0, 0.05) is 42.8 Å². The van der Waals surface area contributed by atoms with Gasteiger partial charge in [-0.1, -0.05) is 6.07 Å². The quantitative estimate of drug-likeness (QED) is 0.900. The Balaban J connectivity index is 1.57. The van der Waals surface area contributed by atoms with Gasteiger partial charge in [0.05, 0.1) is 0 Å².